The molecule has 4 nitrogen and oxygen atoms in total. The molecule has 0 saturated carbocycles. The summed E-state index contributed by atoms with van der Waals surface area (Å²) in [5.41, 5.74) is 1.11. The van der Waals surface area contributed by atoms with E-state index in [2.05, 4.69) is 4.74 Å². The van der Waals surface area contributed by atoms with Crippen molar-refractivity contribution >= 4 is 5.97 Å². The van der Waals surface area contributed by atoms with Crippen LogP contribution in [0.3, 0.4) is 0 Å². The molecule has 1 aromatic rings. The molecule has 1 unspecified atom stereocenters. The van der Waals surface area contributed by atoms with Gasteiger partial charge in [-0.15, -0.1) is 0 Å². The van der Waals surface area contributed by atoms with Crippen molar-refractivity contribution in [1.82, 2.24) is 0 Å². The predicted molar refractivity (Wildman–Crippen MR) is 81.6 cm³/mol. The SMILES string of the molecule is COC(=O)/C=C/[C@H](C)[C@@H](O)CC(C)OCc1ccccc1. The van der Waals surface area contributed by atoms with Crippen molar-refractivity contribution in [2.45, 2.75) is 39.1 Å². The van der Waals surface area contributed by atoms with Gasteiger partial charge in [-0.25, -0.2) is 4.79 Å². The number of benzene rings is 1. The monoisotopic (exact) mass is 292 g/mol. The maximum Gasteiger partial charge on any atom is 0.330 e. The first kappa shape index (κ1) is 17.4. The van der Waals surface area contributed by atoms with Crippen LogP contribution in [0.15, 0.2) is 42.5 Å². The van der Waals surface area contributed by atoms with Crippen LogP contribution in [0.5, 0.6) is 0 Å². The first-order chi connectivity index (χ1) is 10.0. The normalized spacial score (nSPS) is 15.6. The third-order valence-electron chi connectivity index (χ3n) is 3.29. The van der Waals surface area contributed by atoms with E-state index in [9.17, 15) is 9.90 Å². The number of aliphatic hydroxyl groups is 1. The standard InChI is InChI=1S/C17H24O4/c1-13(9-10-17(19)20-3)16(18)11-14(2)21-12-15-7-5-4-6-8-15/h4-10,13-14,16,18H,11-12H2,1-3H3/b10-9+/t13-,14?,16-/m0/s1. The number of hydrogen-bond acceptors (Lipinski definition) is 4. The molecule has 0 aliphatic carbocycles. The summed E-state index contributed by atoms with van der Waals surface area (Å²) in [6.45, 7) is 4.32. The van der Waals surface area contributed by atoms with Gasteiger partial charge in [0.15, 0.2) is 0 Å². The Hall–Kier alpha value is -1.65. The second-order valence-electron chi connectivity index (χ2n) is 5.15. The zero-order valence-electron chi connectivity index (χ0n) is 12.9. The average molecular weight is 292 g/mol. The first-order valence-electron chi connectivity index (χ1n) is 7.12. The Kier molecular flexibility index (Phi) is 7.72. The van der Waals surface area contributed by atoms with Gasteiger partial charge in [0, 0.05) is 12.0 Å². The Morgan fingerprint density at radius 1 is 1.29 bits per heavy atom. The van der Waals surface area contributed by atoms with Crippen molar-refractivity contribution in [1.29, 1.82) is 0 Å². The van der Waals surface area contributed by atoms with Gasteiger partial charge in [0.1, 0.15) is 0 Å². The molecule has 0 radical (unpaired) electrons. The molecule has 0 spiro atoms. The number of methoxy groups -OCH3 is 1. The Balaban J connectivity index is 2.34. The van der Waals surface area contributed by atoms with Gasteiger partial charge >= 0.3 is 5.97 Å². The highest BCUT2D eigenvalue weighted by atomic mass is 16.5. The van der Waals surface area contributed by atoms with Crippen LogP contribution in [0, 0.1) is 5.92 Å². The highest BCUT2D eigenvalue weighted by Crippen LogP contribution is 2.14. The smallest absolute Gasteiger partial charge is 0.330 e. The molecule has 0 aromatic heterocycles. The first-order valence-corrected chi connectivity index (χ1v) is 7.12. The number of aliphatic hydroxyl groups excluding tert-OH is 1. The topological polar surface area (TPSA) is 55.8 Å². The van der Waals surface area contributed by atoms with Gasteiger partial charge < -0.3 is 14.6 Å². The molecule has 1 N–H and O–H groups in total. The van der Waals surface area contributed by atoms with E-state index in [-0.39, 0.29) is 12.0 Å². The van der Waals surface area contributed by atoms with Gasteiger partial charge in [-0.2, -0.15) is 0 Å². The van der Waals surface area contributed by atoms with E-state index in [1.165, 1.54) is 13.2 Å². The maximum atomic E-state index is 11.0. The molecule has 21 heavy (non-hydrogen) atoms. The maximum absolute atomic E-state index is 11.0. The fourth-order valence-electron chi connectivity index (χ4n) is 1.86. The van der Waals surface area contributed by atoms with Crippen molar-refractivity contribution in [3.05, 3.63) is 48.0 Å². The third-order valence-corrected chi connectivity index (χ3v) is 3.29. The average Bonchev–Trinajstić information content (AvgIpc) is 2.51. The third kappa shape index (κ3) is 7.06. The Morgan fingerprint density at radius 2 is 1.95 bits per heavy atom. The summed E-state index contributed by atoms with van der Waals surface area (Å²) >= 11 is 0. The molecule has 0 heterocycles. The number of rotatable bonds is 8. The molecule has 0 aliphatic rings. The minimum Gasteiger partial charge on any atom is -0.466 e. The molecular weight excluding hydrogens is 268 g/mol. The highest BCUT2D eigenvalue weighted by Gasteiger charge is 2.16. The van der Waals surface area contributed by atoms with Crippen LogP contribution < -0.4 is 0 Å². The Labute approximate surface area is 126 Å². The fraction of sp³-hybridized carbons (Fsp3) is 0.471. The van der Waals surface area contributed by atoms with E-state index in [0.29, 0.717) is 13.0 Å². The molecule has 3 atom stereocenters. The van der Waals surface area contributed by atoms with Gasteiger partial charge in [0.25, 0.3) is 0 Å². The van der Waals surface area contributed by atoms with E-state index in [0.717, 1.165) is 5.56 Å². The number of carbonyl (C=O) groups excluding carboxylic acids is 1. The minimum absolute atomic E-state index is 0.0609. The molecule has 1 aromatic carbocycles. The van der Waals surface area contributed by atoms with Crippen LogP contribution in [-0.2, 0) is 20.9 Å². The van der Waals surface area contributed by atoms with Crippen molar-refractivity contribution in [3.8, 4) is 0 Å². The lowest BCUT2D eigenvalue weighted by atomic mass is 9.99. The molecule has 4 heteroatoms. The Bertz CT molecular complexity index is 441. The second kappa shape index (κ2) is 9.32. The minimum atomic E-state index is -0.559. The summed E-state index contributed by atoms with van der Waals surface area (Å²) in [6, 6.07) is 9.91. The summed E-state index contributed by atoms with van der Waals surface area (Å²) in [5, 5.41) is 10.1. The van der Waals surface area contributed by atoms with Crippen molar-refractivity contribution < 1.29 is 19.4 Å². The number of ether oxygens (including phenoxy) is 2. The van der Waals surface area contributed by atoms with Crippen molar-refractivity contribution in [3.63, 3.8) is 0 Å². The fourth-order valence-corrected chi connectivity index (χ4v) is 1.86. The molecular formula is C17H24O4. The van der Waals surface area contributed by atoms with Gasteiger partial charge in [0.05, 0.1) is 25.9 Å². The molecule has 0 fully saturated rings. The van der Waals surface area contributed by atoms with Crippen molar-refractivity contribution in [2.75, 3.05) is 7.11 Å². The second-order valence-corrected chi connectivity index (χ2v) is 5.15. The molecule has 1 rings (SSSR count). The summed E-state index contributed by atoms with van der Waals surface area (Å²) < 4.78 is 10.2. The van der Waals surface area contributed by atoms with Gasteiger partial charge in [0.2, 0.25) is 0 Å². The van der Waals surface area contributed by atoms with Gasteiger partial charge in [-0.05, 0) is 18.9 Å². The molecule has 0 saturated heterocycles. The Morgan fingerprint density at radius 3 is 2.57 bits per heavy atom. The summed E-state index contributed by atoms with van der Waals surface area (Å²) in [7, 11) is 1.33. The van der Waals surface area contributed by atoms with Crippen LogP contribution in [0.1, 0.15) is 25.8 Å². The predicted octanol–water partition coefficient (Wildman–Crippen LogP) is 2.71. The van der Waals surface area contributed by atoms with Crippen LogP contribution in [0.4, 0.5) is 0 Å². The highest BCUT2D eigenvalue weighted by molar-refractivity contribution is 5.81. The van der Waals surface area contributed by atoms with Crippen LogP contribution >= 0.6 is 0 Å². The van der Waals surface area contributed by atoms with E-state index in [1.54, 1.807) is 6.08 Å². The van der Waals surface area contributed by atoms with E-state index in [4.69, 9.17) is 4.74 Å². The summed E-state index contributed by atoms with van der Waals surface area (Å²) in [4.78, 5) is 11.0. The van der Waals surface area contributed by atoms with Crippen molar-refractivity contribution in [2.24, 2.45) is 5.92 Å². The molecule has 0 aliphatic heterocycles. The lowest BCUT2D eigenvalue weighted by molar-refractivity contribution is -0.134. The zero-order valence-corrected chi connectivity index (χ0v) is 12.9. The van der Waals surface area contributed by atoms with Crippen LogP contribution in [-0.4, -0.2) is 30.4 Å². The summed E-state index contributed by atoms with van der Waals surface area (Å²) in [5.74, 6) is -0.547. The lowest BCUT2D eigenvalue weighted by Crippen LogP contribution is -2.23. The number of carbonyl (C=O) groups is 1. The van der Waals surface area contributed by atoms with Crippen LogP contribution in [0.2, 0.25) is 0 Å². The largest absolute Gasteiger partial charge is 0.466 e. The zero-order chi connectivity index (χ0) is 15.7. The van der Waals surface area contributed by atoms with Gasteiger partial charge in [-0.3, -0.25) is 0 Å². The quantitative estimate of drug-likeness (QED) is 0.591. The van der Waals surface area contributed by atoms with E-state index >= 15 is 0 Å². The van der Waals surface area contributed by atoms with Crippen LogP contribution in [0.25, 0.3) is 0 Å². The van der Waals surface area contributed by atoms with Gasteiger partial charge in [-0.1, -0.05) is 43.3 Å². The number of esters is 1. The van der Waals surface area contributed by atoms with E-state index < -0.39 is 12.1 Å². The number of hydrogen-bond donors (Lipinski definition) is 1. The molecule has 0 amide bonds. The molecule has 116 valence electrons. The summed E-state index contributed by atoms with van der Waals surface area (Å²) in [6.07, 6.45) is 2.88. The molecule has 0 bridgehead atoms. The van der Waals surface area contributed by atoms with E-state index in [1.807, 2.05) is 44.2 Å². The lowest BCUT2D eigenvalue weighted by Gasteiger charge is -2.20.